The minimum absolute atomic E-state index is 0.504. The lowest BCUT2D eigenvalue weighted by atomic mass is 10.0. The van der Waals surface area contributed by atoms with Gasteiger partial charge in [-0.25, -0.2) is 4.99 Å². The van der Waals surface area contributed by atoms with Gasteiger partial charge in [-0.15, -0.1) is 0 Å². The van der Waals surface area contributed by atoms with Crippen LogP contribution in [-0.4, -0.2) is 5.84 Å². The van der Waals surface area contributed by atoms with E-state index >= 15 is 0 Å². The van der Waals surface area contributed by atoms with Crippen molar-refractivity contribution in [2.24, 2.45) is 10.7 Å². The molecule has 0 amide bonds. The lowest BCUT2D eigenvalue weighted by Gasteiger charge is -2.06. The van der Waals surface area contributed by atoms with Crippen LogP contribution in [0.5, 0.6) is 0 Å². The van der Waals surface area contributed by atoms with Crippen molar-refractivity contribution in [1.29, 1.82) is 0 Å². The van der Waals surface area contributed by atoms with E-state index in [-0.39, 0.29) is 0 Å². The van der Waals surface area contributed by atoms with Crippen molar-refractivity contribution in [3.8, 4) is 0 Å². The molecule has 0 heterocycles. The summed E-state index contributed by atoms with van der Waals surface area (Å²) < 4.78 is 0. The van der Waals surface area contributed by atoms with Gasteiger partial charge in [-0.05, 0) is 35.0 Å². The van der Waals surface area contributed by atoms with Crippen molar-refractivity contribution in [1.82, 2.24) is 0 Å². The molecule has 0 radical (unpaired) electrons. The van der Waals surface area contributed by atoms with Gasteiger partial charge in [0.25, 0.3) is 0 Å². The average molecular weight is 281 g/mol. The summed E-state index contributed by atoms with van der Waals surface area (Å²) in [5, 5.41) is 2.94. The molecule has 3 rings (SSSR count). The van der Waals surface area contributed by atoms with Gasteiger partial charge in [0.15, 0.2) is 0 Å². The predicted octanol–water partition coefficient (Wildman–Crippen LogP) is 4.53. The second-order valence-electron chi connectivity index (χ2n) is 4.50. The highest BCUT2D eigenvalue weighted by molar-refractivity contribution is 6.30. The fraction of sp³-hybridized carbons (Fsp3) is 0. The Balaban J connectivity index is 2.08. The molecule has 0 fully saturated rings. The van der Waals surface area contributed by atoms with E-state index in [1.807, 2.05) is 36.4 Å². The van der Waals surface area contributed by atoms with Gasteiger partial charge in [-0.1, -0.05) is 54.1 Å². The Hall–Kier alpha value is -2.32. The second kappa shape index (κ2) is 5.35. The van der Waals surface area contributed by atoms with Crippen LogP contribution in [0.1, 0.15) is 5.56 Å². The monoisotopic (exact) mass is 280 g/mol. The van der Waals surface area contributed by atoms with Gasteiger partial charge in [0, 0.05) is 10.6 Å². The van der Waals surface area contributed by atoms with E-state index in [2.05, 4.69) is 23.2 Å². The van der Waals surface area contributed by atoms with Gasteiger partial charge >= 0.3 is 0 Å². The van der Waals surface area contributed by atoms with Crippen molar-refractivity contribution >= 4 is 33.9 Å². The summed E-state index contributed by atoms with van der Waals surface area (Å²) in [7, 11) is 0. The van der Waals surface area contributed by atoms with Crippen LogP contribution in [-0.2, 0) is 0 Å². The SMILES string of the molecule is NC(=Nc1ccc(Cl)cc1)c1cccc2ccccc12. The number of amidine groups is 1. The molecule has 0 unspecified atom stereocenters. The first-order valence-electron chi connectivity index (χ1n) is 6.32. The first-order chi connectivity index (χ1) is 9.74. The number of nitrogens with zero attached hydrogens (tertiary/aromatic N) is 1. The zero-order chi connectivity index (χ0) is 13.9. The zero-order valence-electron chi connectivity index (χ0n) is 10.8. The molecule has 0 saturated heterocycles. The largest absolute Gasteiger partial charge is 0.383 e. The predicted molar refractivity (Wildman–Crippen MR) is 85.8 cm³/mol. The summed E-state index contributed by atoms with van der Waals surface area (Å²) >= 11 is 5.86. The maximum atomic E-state index is 6.15. The number of benzene rings is 3. The number of nitrogens with two attached hydrogens (primary N) is 1. The molecule has 2 nitrogen and oxygen atoms in total. The molecule has 98 valence electrons. The Morgan fingerprint density at radius 3 is 2.35 bits per heavy atom. The van der Waals surface area contributed by atoms with Crippen molar-refractivity contribution in [3.63, 3.8) is 0 Å². The topological polar surface area (TPSA) is 38.4 Å². The molecule has 0 saturated carbocycles. The zero-order valence-corrected chi connectivity index (χ0v) is 11.5. The van der Waals surface area contributed by atoms with E-state index in [9.17, 15) is 0 Å². The number of aliphatic imine (C=N–C) groups is 1. The Morgan fingerprint density at radius 2 is 1.55 bits per heavy atom. The first kappa shape index (κ1) is 12.7. The van der Waals surface area contributed by atoms with Crippen LogP contribution in [0.4, 0.5) is 5.69 Å². The van der Waals surface area contributed by atoms with E-state index in [0.717, 1.165) is 22.0 Å². The normalized spacial score (nSPS) is 11.8. The molecule has 0 spiro atoms. The van der Waals surface area contributed by atoms with Crippen LogP contribution in [0.15, 0.2) is 71.7 Å². The van der Waals surface area contributed by atoms with Crippen molar-refractivity contribution in [3.05, 3.63) is 77.3 Å². The van der Waals surface area contributed by atoms with Crippen LogP contribution in [0, 0.1) is 0 Å². The third-order valence-corrected chi connectivity index (χ3v) is 3.39. The highest BCUT2D eigenvalue weighted by Gasteiger charge is 2.04. The Labute approximate surface area is 122 Å². The maximum absolute atomic E-state index is 6.15. The van der Waals surface area contributed by atoms with E-state index < -0.39 is 0 Å². The molecular formula is C17H13ClN2. The van der Waals surface area contributed by atoms with Crippen LogP contribution in [0.25, 0.3) is 10.8 Å². The second-order valence-corrected chi connectivity index (χ2v) is 4.94. The third-order valence-electron chi connectivity index (χ3n) is 3.14. The number of hydrogen-bond acceptors (Lipinski definition) is 1. The van der Waals surface area contributed by atoms with Crippen LogP contribution in [0.2, 0.25) is 5.02 Å². The van der Waals surface area contributed by atoms with E-state index in [1.54, 1.807) is 12.1 Å². The summed E-state index contributed by atoms with van der Waals surface area (Å²) in [6.45, 7) is 0. The summed E-state index contributed by atoms with van der Waals surface area (Å²) in [6.07, 6.45) is 0. The fourth-order valence-electron chi connectivity index (χ4n) is 2.16. The van der Waals surface area contributed by atoms with Crippen molar-refractivity contribution in [2.75, 3.05) is 0 Å². The molecule has 0 aromatic heterocycles. The molecule has 0 aliphatic carbocycles. The van der Waals surface area contributed by atoms with E-state index in [0.29, 0.717) is 10.9 Å². The smallest absolute Gasteiger partial charge is 0.131 e. The van der Waals surface area contributed by atoms with Gasteiger partial charge < -0.3 is 5.73 Å². The van der Waals surface area contributed by atoms with Crippen molar-refractivity contribution < 1.29 is 0 Å². The summed E-state index contributed by atoms with van der Waals surface area (Å²) in [4.78, 5) is 4.46. The van der Waals surface area contributed by atoms with Crippen LogP contribution >= 0.6 is 11.6 Å². The van der Waals surface area contributed by atoms with Crippen LogP contribution in [0.3, 0.4) is 0 Å². The lowest BCUT2D eigenvalue weighted by molar-refractivity contribution is 1.46. The molecule has 0 atom stereocenters. The van der Waals surface area contributed by atoms with Gasteiger partial charge in [0.1, 0.15) is 5.84 Å². The Kier molecular flexibility index (Phi) is 3.40. The number of fused-ring (bicyclic) bond motifs is 1. The number of halogens is 1. The van der Waals surface area contributed by atoms with E-state index in [1.165, 1.54) is 0 Å². The molecular weight excluding hydrogens is 268 g/mol. The number of rotatable bonds is 2. The quantitative estimate of drug-likeness (QED) is 0.543. The Bertz CT molecular complexity index is 771. The summed E-state index contributed by atoms with van der Waals surface area (Å²) in [6, 6.07) is 21.5. The van der Waals surface area contributed by atoms with Crippen LogP contribution < -0.4 is 5.73 Å². The fourth-order valence-corrected chi connectivity index (χ4v) is 2.29. The molecule has 3 aromatic carbocycles. The van der Waals surface area contributed by atoms with Gasteiger partial charge in [-0.3, -0.25) is 0 Å². The highest BCUT2D eigenvalue weighted by atomic mass is 35.5. The molecule has 0 aliphatic rings. The molecule has 0 aliphatic heterocycles. The highest BCUT2D eigenvalue weighted by Crippen LogP contribution is 2.21. The average Bonchev–Trinajstić information content (AvgIpc) is 2.49. The first-order valence-corrected chi connectivity index (χ1v) is 6.70. The minimum atomic E-state index is 0.504. The Morgan fingerprint density at radius 1 is 0.850 bits per heavy atom. The molecule has 2 N–H and O–H groups in total. The lowest BCUT2D eigenvalue weighted by Crippen LogP contribution is -2.13. The standard InChI is InChI=1S/C17H13ClN2/c18-13-8-10-14(11-9-13)20-17(19)16-7-3-5-12-4-1-2-6-15(12)16/h1-11H,(H2,19,20). The van der Waals surface area contributed by atoms with Crippen molar-refractivity contribution in [2.45, 2.75) is 0 Å². The molecule has 3 aromatic rings. The molecule has 0 bridgehead atoms. The maximum Gasteiger partial charge on any atom is 0.131 e. The van der Waals surface area contributed by atoms with E-state index in [4.69, 9.17) is 17.3 Å². The summed E-state index contributed by atoms with van der Waals surface area (Å²) in [5.74, 6) is 0.504. The van der Waals surface area contributed by atoms with Gasteiger partial charge in [0.05, 0.1) is 5.69 Å². The third kappa shape index (κ3) is 2.51. The molecule has 20 heavy (non-hydrogen) atoms. The van der Waals surface area contributed by atoms with Gasteiger partial charge in [0.2, 0.25) is 0 Å². The molecule has 3 heteroatoms. The summed E-state index contributed by atoms with van der Waals surface area (Å²) in [5.41, 5.74) is 7.88. The minimum Gasteiger partial charge on any atom is -0.383 e. The number of hydrogen-bond donors (Lipinski definition) is 1. The van der Waals surface area contributed by atoms with Gasteiger partial charge in [-0.2, -0.15) is 0 Å².